The maximum Gasteiger partial charge on any atom is 0.303 e. The predicted molar refractivity (Wildman–Crippen MR) is 69.4 cm³/mol. The summed E-state index contributed by atoms with van der Waals surface area (Å²) in [6.07, 6.45) is 1.72. The van der Waals surface area contributed by atoms with Crippen molar-refractivity contribution < 1.29 is 18.3 Å². The van der Waals surface area contributed by atoms with Crippen molar-refractivity contribution in [2.75, 3.05) is 6.54 Å². The lowest BCUT2D eigenvalue weighted by atomic mass is 10.0. The minimum absolute atomic E-state index is 0.0290. The number of sulfonamides is 1. The molecule has 0 saturated heterocycles. The fraction of sp³-hybridized carbons (Fsp3) is 0.600. The van der Waals surface area contributed by atoms with Gasteiger partial charge >= 0.3 is 5.97 Å². The van der Waals surface area contributed by atoms with E-state index in [0.717, 1.165) is 4.68 Å². The number of carboxylic acid groups (broad SMARTS) is 1. The van der Waals surface area contributed by atoms with Crippen LogP contribution in [0.2, 0.25) is 5.02 Å². The Balaban J connectivity index is 2.78. The Morgan fingerprint density at radius 3 is 2.68 bits per heavy atom. The molecule has 1 rings (SSSR count). The number of hydrogen-bond acceptors (Lipinski definition) is 4. The number of nitrogens with zero attached hydrogens (tertiary/aromatic N) is 2. The van der Waals surface area contributed by atoms with Gasteiger partial charge in [0.2, 0.25) is 0 Å². The number of aliphatic carboxylic acids is 1. The molecule has 1 aromatic heterocycles. The molecule has 1 atom stereocenters. The number of aromatic nitrogens is 2. The number of nitrogens with one attached hydrogen (secondary N) is 1. The Hall–Kier alpha value is -1.12. The van der Waals surface area contributed by atoms with Crippen LogP contribution in [-0.2, 0) is 21.9 Å². The summed E-state index contributed by atoms with van der Waals surface area (Å²) in [6.45, 7) is 1.85. The largest absolute Gasteiger partial charge is 0.481 e. The molecular formula is C10H16ClN3O4S. The normalized spacial score (nSPS) is 13.4. The highest BCUT2D eigenvalue weighted by molar-refractivity contribution is 7.89. The van der Waals surface area contributed by atoms with E-state index in [2.05, 4.69) is 9.82 Å². The Bertz CT molecular complexity index is 536. The van der Waals surface area contributed by atoms with Gasteiger partial charge in [0, 0.05) is 20.0 Å². The first-order chi connectivity index (χ1) is 8.77. The summed E-state index contributed by atoms with van der Waals surface area (Å²) >= 11 is 5.77. The number of aryl methyl sites for hydroxylation is 1. The zero-order valence-corrected chi connectivity index (χ0v) is 12.2. The van der Waals surface area contributed by atoms with Crippen molar-refractivity contribution in [3.05, 3.63) is 11.2 Å². The SMILES string of the molecule is CCC(CNS(=O)(=O)c1c(Cl)cnn1C)CC(=O)O. The van der Waals surface area contributed by atoms with E-state index in [1.807, 2.05) is 0 Å². The Morgan fingerprint density at radius 2 is 2.26 bits per heavy atom. The average molecular weight is 310 g/mol. The van der Waals surface area contributed by atoms with Crippen LogP contribution in [0.15, 0.2) is 11.2 Å². The molecule has 108 valence electrons. The van der Waals surface area contributed by atoms with Gasteiger partial charge in [-0.1, -0.05) is 24.9 Å². The zero-order chi connectivity index (χ0) is 14.6. The molecular weight excluding hydrogens is 294 g/mol. The summed E-state index contributed by atoms with van der Waals surface area (Å²) in [5.41, 5.74) is 0. The molecule has 2 N–H and O–H groups in total. The van der Waals surface area contributed by atoms with E-state index >= 15 is 0 Å². The van der Waals surface area contributed by atoms with Crippen molar-refractivity contribution in [2.45, 2.75) is 24.8 Å². The summed E-state index contributed by atoms with van der Waals surface area (Å²) < 4.78 is 27.6. The van der Waals surface area contributed by atoms with Gasteiger partial charge in [0.05, 0.1) is 11.2 Å². The second-order valence-corrected chi connectivity index (χ2v) is 6.23. The molecule has 1 unspecified atom stereocenters. The molecule has 0 saturated carbocycles. The molecule has 0 aliphatic carbocycles. The van der Waals surface area contributed by atoms with Crippen LogP contribution in [0.3, 0.4) is 0 Å². The van der Waals surface area contributed by atoms with Crippen LogP contribution in [0.4, 0.5) is 0 Å². The first-order valence-corrected chi connectivity index (χ1v) is 7.53. The molecule has 19 heavy (non-hydrogen) atoms. The van der Waals surface area contributed by atoms with Gasteiger partial charge in [-0.2, -0.15) is 5.10 Å². The van der Waals surface area contributed by atoms with Crippen molar-refractivity contribution in [3.63, 3.8) is 0 Å². The fourth-order valence-electron chi connectivity index (χ4n) is 1.61. The minimum Gasteiger partial charge on any atom is -0.481 e. The lowest BCUT2D eigenvalue weighted by Gasteiger charge is -2.13. The first kappa shape index (κ1) is 15.9. The van der Waals surface area contributed by atoms with Crippen molar-refractivity contribution in [1.29, 1.82) is 0 Å². The summed E-state index contributed by atoms with van der Waals surface area (Å²) in [6, 6.07) is 0. The van der Waals surface area contributed by atoms with E-state index < -0.39 is 16.0 Å². The molecule has 0 aliphatic rings. The van der Waals surface area contributed by atoms with Gasteiger partial charge in [-0.15, -0.1) is 0 Å². The molecule has 0 radical (unpaired) electrons. The Kier molecular flexibility index (Phi) is 5.33. The van der Waals surface area contributed by atoms with E-state index in [-0.39, 0.29) is 28.9 Å². The Morgan fingerprint density at radius 1 is 1.63 bits per heavy atom. The highest BCUT2D eigenvalue weighted by Crippen LogP contribution is 2.20. The van der Waals surface area contributed by atoms with E-state index in [1.165, 1.54) is 13.2 Å². The lowest BCUT2D eigenvalue weighted by Crippen LogP contribution is -2.31. The van der Waals surface area contributed by atoms with Crippen molar-refractivity contribution in [2.24, 2.45) is 13.0 Å². The van der Waals surface area contributed by atoms with Crippen molar-refractivity contribution >= 4 is 27.6 Å². The first-order valence-electron chi connectivity index (χ1n) is 5.66. The lowest BCUT2D eigenvalue weighted by molar-refractivity contribution is -0.138. The molecule has 0 bridgehead atoms. The summed E-state index contributed by atoms with van der Waals surface area (Å²) in [5.74, 6) is -1.22. The van der Waals surface area contributed by atoms with Gasteiger partial charge < -0.3 is 5.11 Å². The molecule has 9 heteroatoms. The molecule has 7 nitrogen and oxygen atoms in total. The monoisotopic (exact) mass is 309 g/mol. The third-order valence-corrected chi connectivity index (χ3v) is 4.63. The number of halogens is 1. The van der Waals surface area contributed by atoms with E-state index in [4.69, 9.17) is 16.7 Å². The second kappa shape index (κ2) is 6.36. The van der Waals surface area contributed by atoms with E-state index in [1.54, 1.807) is 6.92 Å². The van der Waals surface area contributed by atoms with Gasteiger partial charge in [0.15, 0.2) is 5.03 Å². The summed E-state index contributed by atoms with van der Waals surface area (Å²) in [5, 5.41) is 12.4. The van der Waals surface area contributed by atoms with Crippen LogP contribution in [0.5, 0.6) is 0 Å². The third-order valence-electron chi connectivity index (χ3n) is 2.70. The number of hydrogen-bond donors (Lipinski definition) is 2. The summed E-state index contributed by atoms with van der Waals surface area (Å²) in [4.78, 5) is 10.6. The van der Waals surface area contributed by atoms with Crippen LogP contribution in [0.25, 0.3) is 0 Å². The predicted octanol–water partition coefficient (Wildman–Crippen LogP) is 0.853. The Labute approximate surface area is 116 Å². The van der Waals surface area contributed by atoms with Crippen LogP contribution in [0, 0.1) is 5.92 Å². The van der Waals surface area contributed by atoms with Gasteiger partial charge in [0.25, 0.3) is 10.0 Å². The maximum absolute atomic E-state index is 12.0. The van der Waals surface area contributed by atoms with Crippen molar-refractivity contribution in [1.82, 2.24) is 14.5 Å². The highest BCUT2D eigenvalue weighted by Gasteiger charge is 2.24. The standard InChI is InChI=1S/C10H16ClN3O4S/c1-3-7(4-9(15)16)5-13-19(17,18)10-8(11)6-12-14(10)2/h6-7,13H,3-5H2,1-2H3,(H,15,16). The van der Waals surface area contributed by atoms with Crippen molar-refractivity contribution in [3.8, 4) is 0 Å². The smallest absolute Gasteiger partial charge is 0.303 e. The van der Waals surface area contributed by atoms with Crippen LogP contribution >= 0.6 is 11.6 Å². The zero-order valence-electron chi connectivity index (χ0n) is 10.6. The number of rotatable bonds is 7. The minimum atomic E-state index is -3.79. The van der Waals surface area contributed by atoms with E-state index in [0.29, 0.717) is 6.42 Å². The van der Waals surface area contributed by atoms with Crippen LogP contribution in [-0.4, -0.2) is 35.8 Å². The molecule has 0 amide bonds. The molecule has 0 aromatic carbocycles. The third kappa shape index (κ3) is 4.19. The highest BCUT2D eigenvalue weighted by atomic mass is 35.5. The molecule has 0 fully saturated rings. The second-order valence-electron chi connectivity index (χ2n) is 4.15. The molecule has 1 aromatic rings. The topological polar surface area (TPSA) is 101 Å². The van der Waals surface area contributed by atoms with Gasteiger partial charge in [0.1, 0.15) is 0 Å². The van der Waals surface area contributed by atoms with Gasteiger partial charge in [-0.3, -0.25) is 9.48 Å². The number of carboxylic acids is 1. The van der Waals surface area contributed by atoms with E-state index in [9.17, 15) is 13.2 Å². The van der Waals surface area contributed by atoms with Crippen LogP contribution in [0.1, 0.15) is 19.8 Å². The van der Waals surface area contributed by atoms with Gasteiger partial charge in [-0.05, 0) is 5.92 Å². The molecule has 1 heterocycles. The molecule has 0 spiro atoms. The number of carbonyl (C=O) groups is 1. The van der Waals surface area contributed by atoms with Gasteiger partial charge in [-0.25, -0.2) is 13.1 Å². The summed E-state index contributed by atoms with van der Waals surface area (Å²) in [7, 11) is -2.33. The fourth-order valence-corrected chi connectivity index (χ4v) is 3.37. The molecule has 0 aliphatic heterocycles. The van der Waals surface area contributed by atoms with Crippen LogP contribution < -0.4 is 4.72 Å². The maximum atomic E-state index is 12.0. The quantitative estimate of drug-likeness (QED) is 0.777. The average Bonchev–Trinajstić information content (AvgIpc) is 2.64.